The first-order chi connectivity index (χ1) is 10.6. The van der Waals surface area contributed by atoms with Gasteiger partial charge in [-0.05, 0) is 41.3 Å². The van der Waals surface area contributed by atoms with Crippen molar-refractivity contribution in [2.45, 2.75) is 32.1 Å². The highest BCUT2D eigenvalue weighted by Gasteiger charge is 2.11. The second kappa shape index (κ2) is 7.61. The van der Waals surface area contributed by atoms with Crippen LogP contribution in [-0.4, -0.2) is 6.61 Å². The molecule has 0 aliphatic rings. The van der Waals surface area contributed by atoms with E-state index in [-0.39, 0.29) is 11.7 Å². The van der Waals surface area contributed by atoms with E-state index in [9.17, 15) is 9.65 Å². The van der Waals surface area contributed by atoms with Gasteiger partial charge in [0.15, 0.2) is 0 Å². The van der Waals surface area contributed by atoms with E-state index in [1.807, 2.05) is 18.2 Å². The minimum absolute atomic E-state index is 0.316. The molecule has 0 aliphatic carbocycles. The third-order valence-corrected chi connectivity index (χ3v) is 3.61. The number of rotatable bonds is 6. The maximum absolute atomic E-state index is 13.2. The fraction of sp³-hybridized carbons (Fsp3) is 0.316. The largest absolute Gasteiger partial charge is 0.494 e. The van der Waals surface area contributed by atoms with Crippen molar-refractivity contribution in [2.24, 2.45) is 0 Å². The normalized spacial score (nSPS) is 12.0. The SMILES string of the molecule is CC(C)c1cccc(OCCC(C#N)c2cccc(F)c2)c1. The third-order valence-electron chi connectivity index (χ3n) is 3.61. The monoisotopic (exact) mass is 297 g/mol. The minimum atomic E-state index is -0.357. The van der Waals surface area contributed by atoms with Crippen molar-refractivity contribution < 1.29 is 9.13 Å². The average molecular weight is 297 g/mol. The van der Waals surface area contributed by atoms with Crippen LogP contribution in [0.5, 0.6) is 5.75 Å². The molecule has 0 saturated heterocycles. The van der Waals surface area contributed by atoms with Crippen molar-refractivity contribution in [1.82, 2.24) is 0 Å². The van der Waals surface area contributed by atoms with Crippen LogP contribution in [0.25, 0.3) is 0 Å². The summed E-state index contributed by atoms with van der Waals surface area (Å²) >= 11 is 0. The van der Waals surface area contributed by atoms with E-state index in [0.29, 0.717) is 24.5 Å². The zero-order chi connectivity index (χ0) is 15.9. The van der Waals surface area contributed by atoms with Crippen molar-refractivity contribution in [3.8, 4) is 11.8 Å². The Morgan fingerprint density at radius 2 is 1.82 bits per heavy atom. The quantitative estimate of drug-likeness (QED) is 0.749. The summed E-state index contributed by atoms with van der Waals surface area (Å²) < 4.78 is 19.0. The van der Waals surface area contributed by atoms with Gasteiger partial charge in [0.05, 0.1) is 18.6 Å². The number of hydrogen-bond donors (Lipinski definition) is 0. The fourth-order valence-electron chi connectivity index (χ4n) is 2.29. The number of nitriles is 1. The predicted molar refractivity (Wildman–Crippen MR) is 85.4 cm³/mol. The molecular formula is C19H20FNO. The Morgan fingerprint density at radius 1 is 1.09 bits per heavy atom. The smallest absolute Gasteiger partial charge is 0.123 e. The molecule has 0 saturated carbocycles. The first-order valence-electron chi connectivity index (χ1n) is 7.48. The van der Waals surface area contributed by atoms with Crippen LogP contribution in [0.3, 0.4) is 0 Å². The van der Waals surface area contributed by atoms with Crippen LogP contribution >= 0.6 is 0 Å². The predicted octanol–water partition coefficient (Wildman–Crippen LogP) is 5.03. The summed E-state index contributed by atoms with van der Waals surface area (Å²) in [5.41, 5.74) is 1.92. The molecular weight excluding hydrogens is 277 g/mol. The van der Waals surface area contributed by atoms with Gasteiger partial charge in [0.2, 0.25) is 0 Å². The van der Waals surface area contributed by atoms with E-state index >= 15 is 0 Å². The van der Waals surface area contributed by atoms with Gasteiger partial charge >= 0.3 is 0 Å². The van der Waals surface area contributed by atoms with Gasteiger partial charge in [0.25, 0.3) is 0 Å². The van der Waals surface area contributed by atoms with Crippen LogP contribution in [-0.2, 0) is 0 Å². The van der Waals surface area contributed by atoms with Crippen LogP contribution in [0, 0.1) is 17.1 Å². The molecule has 0 aliphatic heterocycles. The number of ether oxygens (including phenoxy) is 1. The van der Waals surface area contributed by atoms with Crippen LogP contribution in [0.2, 0.25) is 0 Å². The second-order valence-electron chi connectivity index (χ2n) is 5.60. The molecule has 0 N–H and O–H groups in total. The topological polar surface area (TPSA) is 33.0 Å². The van der Waals surface area contributed by atoms with Crippen LogP contribution in [0.15, 0.2) is 48.5 Å². The fourth-order valence-corrected chi connectivity index (χ4v) is 2.29. The Morgan fingerprint density at radius 3 is 2.50 bits per heavy atom. The van der Waals surface area contributed by atoms with Crippen LogP contribution < -0.4 is 4.74 Å². The Balaban J connectivity index is 1.95. The van der Waals surface area contributed by atoms with Gasteiger partial charge in [0, 0.05) is 6.42 Å². The molecule has 0 bridgehead atoms. The highest BCUT2D eigenvalue weighted by molar-refractivity contribution is 5.30. The molecule has 0 radical (unpaired) electrons. The second-order valence-corrected chi connectivity index (χ2v) is 5.60. The van der Waals surface area contributed by atoms with Gasteiger partial charge in [-0.1, -0.05) is 38.1 Å². The summed E-state index contributed by atoms with van der Waals surface area (Å²) in [6.07, 6.45) is 0.534. The molecule has 3 heteroatoms. The number of hydrogen-bond acceptors (Lipinski definition) is 2. The van der Waals surface area contributed by atoms with Gasteiger partial charge in [-0.25, -0.2) is 4.39 Å². The summed E-state index contributed by atoms with van der Waals surface area (Å²) in [4.78, 5) is 0. The third kappa shape index (κ3) is 4.33. The lowest BCUT2D eigenvalue weighted by atomic mass is 9.97. The molecule has 2 rings (SSSR count). The maximum Gasteiger partial charge on any atom is 0.123 e. The van der Waals surface area contributed by atoms with Gasteiger partial charge < -0.3 is 4.74 Å². The zero-order valence-corrected chi connectivity index (χ0v) is 12.9. The van der Waals surface area contributed by atoms with E-state index in [1.165, 1.54) is 17.7 Å². The Kier molecular flexibility index (Phi) is 5.55. The highest BCUT2D eigenvalue weighted by Crippen LogP contribution is 2.23. The summed E-state index contributed by atoms with van der Waals surface area (Å²) in [5.74, 6) is 0.581. The summed E-state index contributed by atoms with van der Waals surface area (Å²) in [6, 6.07) is 16.4. The molecule has 0 heterocycles. The number of halogens is 1. The molecule has 1 unspecified atom stereocenters. The van der Waals surface area contributed by atoms with Crippen LogP contribution in [0.1, 0.15) is 43.2 Å². The van der Waals surface area contributed by atoms with Crippen molar-refractivity contribution in [3.63, 3.8) is 0 Å². The van der Waals surface area contributed by atoms with Gasteiger partial charge in [0.1, 0.15) is 11.6 Å². The number of benzene rings is 2. The Bertz CT molecular complexity index is 660. The Hall–Kier alpha value is -2.34. The van der Waals surface area contributed by atoms with Gasteiger partial charge in [-0.3, -0.25) is 0 Å². The molecule has 0 aromatic heterocycles. The minimum Gasteiger partial charge on any atom is -0.494 e. The summed E-state index contributed by atoms with van der Waals surface area (Å²) in [5, 5.41) is 9.26. The van der Waals surface area contributed by atoms with Crippen LogP contribution in [0.4, 0.5) is 4.39 Å². The molecule has 22 heavy (non-hydrogen) atoms. The van der Waals surface area contributed by atoms with E-state index in [0.717, 1.165) is 5.75 Å². The first kappa shape index (κ1) is 16.0. The average Bonchev–Trinajstić information content (AvgIpc) is 2.52. The molecule has 0 amide bonds. The molecule has 114 valence electrons. The standard InChI is InChI=1S/C19H20FNO/c1-14(2)15-5-4-8-19(12-15)22-10-9-17(13-21)16-6-3-7-18(20)11-16/h3-8,11-12,14,17H,9-10H2,1-2H3. The van der Waals surface area contributed by atoms with Gasteiger partial charge in [-0.15, -0.1) is 0 Å². The number of nitrogens with zero attached hydrogens (tertiary/aromatic N) is 1. The van der Waals surface area contributed by atoms with Crippen molar-refractivity contribution in [3.05, 3.63) is 65.5 Å². The molecule has 1 atom stereocenters. The van der Waals surface area contributed by atoms with E-state index in [1.54, 1.807) is 12.1 Å². The first-order valence-corrected chi connectivity index (χ1v) is 7.48. The molecule has 2 aromatic rings. The maximum atomic E-state index is 13.2. The van der Waals surface area contributed by atoms with E-state index in [2.05, 4.69) is 26.0 Å². The van der Waals surface area contributed by atoms with Crippen molar-refractivity contribution >= 4 is 0 Å². The lowest BCUT2D eigenvalue weighted by Crippen LogP contribution is -2.05. The summed E-state index contributed by atoms with van der Waals surface area (Å²) in [7, 11) is 0. The van der Waals surface area contributed by atoms with Crippen molar-refractivity contribution in [2.75, 3.05) is 6.61 Å². The molecule has 2 nitrogen and oxygen atoms in total. The van der Waals surface area contributed by atoms with E-state index < -0.39 is 0 Å². The van der Waals surface area contributed by atoms with Crippen molar-refractivity contribution in [1.29, 1.82) is 5.26 Å². The molecule has 0 fully saturated rings. The van der Waals surface area contributed by atoms with E-state index in [4.69, 9.17) is 4.74 Å². The Labute approximate surface area is 131 Å². The lowest BCUT2D eigenvalue weighted by molar-refractivity contribution is 0.305. The lowest BCUT2D eigenvalue weighted by Gasteiger charge is -2.12. The highest BCUT2D eigenvalue weighted by atomic mass is 19.1. The molecule has 0 spiro atoms. The summed E-state index contributed by atoms with van der Waals surface area (Å²) in [6.45, 7) is 4.69. The zero-order valence-electron chi connectivity index (χ0n) is 12.9. The van der Waals surface area contributed by atoms with Gasteiger partial charge in [-0.2, -0.15) is 5.26 Å². The molecule has 2 aromatic carbocycles.